The number of amides is 2. The van der Waals surface area contributed by atoms with Crippen LogP contribution >= 0.6 is 11.8 Å². The maximum atomic E-state index is 12.4. The zero-order valence-electron chi connectivity index (χ0n) is 14.8. The lowest BCUT2D eigenvalue weighted by molar-refractivity contribution is -0.148. The standard InChI is InChI=1S/C20H17N3O4S/c21-10-11-23(14-6-2-1-3-7-14)18(24)13-27-19(25)12-17-20(26)22-15-8-4-5-9-16(15)28-17/h1-9,17H,11-13H2,(H,22,26)/t17-/m1/s1. The van der Waals surface area contributed by atoms with Crippen LogP contribution in [0.2, 0.25) is 0 Å². The molecule has 2 aromatic carbocycles. The lowest BCUT2D eigenvalue weighted by atomic mass is 10.2. The van der Waals surface area contributed by atoms with Crippen molar-refractivity contribution in [2.75, 3.05) is 23.4 Å². The van der Waals surface area contributed by atoms with Gasteiger partial charge in [-0.25, -0.2) is 0 Å². The average Bonchev–Trinajstić information content (AvgIpc) is 2.71. The molecule has 142 valence electrons. The molecule has 0 radical (unpaired) electrons. The molecule has 1 heterocycles. The predicted molar refractivity (Wildman–Crippen MR) is 105 cm³/mol. The molecular weight excluding hydrogens is 378 g/mol. The maximum Gasteiger partial charge on any atom is 0.307 e. The monoisotopic (exact) mass is 395 g/mol. The van der Waals surface area contributed by atoms with Crippen LogP contribution in [0.3, 0.4) is 0 Å². The van der Waals surface area contributed by atoms with Gasteiger partial charge in [-0.1, -0.05) is 30.3 Å². The summed E-state index contributed by atoms with van der Waals surface area (Å²) in [5.41, 5.74) is 1.26. The molecule has 1 atom stereocenters. The van der Waals surface area contributed by atoms with Gasteiger partial charge in [-0.3, -0.25) is 19.3 Å². The largest absolute Gasteiger partial charge is 0.456 e. The molecule has 0 unspecified atom stereocenters. The van der Waals surface area contributed by atoms with Crippen molar-refractivity contribution in [3.8, 4) is 6.07 Å². The van der Waals surface area contributed by atoms with Crippen molar-refractivity contribution in [1.82, 2.24) is 0 Å². The summed E-state index contributed by atoms with van der Waals surface area (Å²) >= 11 is 1.29. The van der Waals surface area contributed by atoms with Gasteiger partial charge in [0, 0.05) is 10.6 Å². The molecule has 0 bridgehead atoms. The Balaban J connectivity index is 1.56. The van der Waals surface area contributed by atoms with E-state index in [1.165, 1.54) is 16.7 Å². The van der Waals surface area contributed by atoms with Gasteiger partial charge in [0.25, 0.3) is 5.91 Å². The van der Waals surface area contributed by atoms with Crippen LogP contribution in [0.25, 0.3) is 0 Å². The quantitative estimate of drug-likeness (QED) is 0.596. The number of para-hydroxylation sites is 2. The van der Waals surface area contributed by atoms with E-state index in [4.69, 9.17) is 10.00 Å². The second-order valence-electron chi connectivity index (χ2n) is 5.93. The van der Waals surface area contributed by atoms with E-state index in [-0.39, 0.29) is 18.9 Å². The Bertz CT molecular complexity index is 927. The first-order valence-corrected chi connectivity index (χ1v) is 9.41. The first-order valence-electron chi connectivity index (χ1n) is 8.53. The average molecular weight is 395 g/mol. The molecule has 1 N–H and O–H groups in total. The lowest BCUT2D eigenvalue weighted by Gasteiger charge is -2.23. The number of hydrogen-bond donors (Lipinski definition) is 1. The van der Waals surface area contributed by atoms with Crippen LogP contribution in [0, 0.1) is 11.3 Å². The Hall–Kier alpha value is -3.31. The van der Waals surface area contributed by atoms with E-state index < -0.39 is 23.7 Å². The predicted octanol–water partition coefficient (Wildman–Crippen LogP) is 2.59. The van der Waals surface area contributed by atoms with E-state index in [9.17, 15) is 14.4 Å². The fourth-order valence-electron chi connectivity index (χ4n) is 2.66. The van der Waals surface area contributed by atoms with Crippen molar-refractivity contribution in [3.05, 3.63) is 54.6 Å². The summed E-state index contributed by atoms with van der Waals surface area (Å²) in [6.07, 6.45) is -0.151. The molecule has 0 saturated carbocycles. The van der Waals surface area contributed by atoms with Gasteiger partial charge >= 0.3 is 5.97 Å². The third-order valence-corrected chi connectivity index (χ3v) is 5.29. The van der Waals surface area contributed by atoms with Crippen LogP contribution in [0.4, 0.5) is 11.4 Å². The number of esters is 1. The molecular formula is C20H17N3O4S. The molecule has 8 heteroatoms. The number of rotatable bonds is 6. The second kappa shape index (κ2) is 9.06. The lowest BCUT2D eigenvalue weighted by Crippen LogP contribution is -2.36. The van der Waals surface area contributed by atoms with Gasteiger partial charge in [-0.2, -0.15) is 5.26 Å². The highest BCUT2D eigenvalue weighted by molar-refractivity contribution is 8.01. The molecule has 0 saturated heterocycles. The number of nitrogens with one attached hydrogen (secondary N) is 1. The van der Waals surface area contributed by atoms with Crippen molar-refractivity contribution in [3.63, 3.8) is 0 Å². The smallest absolute Gasteiger partial charge is 0.307 e. The number of carbonyl (C=O) groups excluding carboxylic acids is 3. The van der Waals surface area contributed by atoms with E-state index in [1.807, 2.05) is 24.3 Å². The molecule has 0 aliphatic carbocycles. The normalized spacial score (nSPS) is 15.0. The molecule has 2 aromatic rings. The minimum absolute atomic E-state index is 0.151. The number of nitriles is 1. The molecule has 28 heavy (non-hydrogen) atoms. The fraction of sp³-hybridized carbons (Fsp3) is 0.200. The summed E-state index contributed by atoms with van der Waals surface area (Å²) in [5.74, 6) is -1.43. The number of ether oxygens (including phenoxy) is 1. The number of anilines is 2. The van der Waals surface area contributed by atoms with Crippen LogP contribution in [-0.2, 0) is 19.1 Å². The van der Waals surface area contributed by atoms with Gasteiger partial charge < -0.3 is 10.1 Å². The highest BCUT2D eigenvalue weighted by atomic mass is 32.2. The minimum Gasteiger partial charge on any atom is -0.456 e. The van der Waals surface area contributed by atoms with Gasteiger partial charge in [-0.15, -0.1) is 11.8 Å². The Morgan fingerprint density at radius 2 is 1.86 bits per heavy atom. The summed E-state index contributed by atoms with van der Waals surface area (Å²) < 4.78 is 5.06. The number of nitrogens with zero attached hydrogens (tertiary/aromatic N) is 2. The first-order chi connectivity index (χ1) is 13.6. The molecule has 2 amide bonds. The van der Waals surface area contributed by atoms with Crippen LogP contribution in [-0.4, -0.2) is 36.2 Å². The Labute approximate surface area is 166 Å². The van der Waals surface area contributed by atoms with Crippen molar-refractivity contribution < 1.29 is 19.1 Å². The van der Waals surface area contributed by atoms with Gasteiger partial charge in [0.2, 0.25) is 5.91 Å². The first kappa shape index (κ1) is 19.5. The van der Waals surface area contributed by atoms with E-state index in [1.54, 1.807) is 36.4 Å². The van der Waals surface area contributed by atoms with Crippen molar-refractivity contribution >= 4 is 40.9 Å². The third-order valence-electron chi connectivity index (χ3n) is 4.01. The second-order valence-corrected chi connectivity index (χ2v) is 7.17. The molecule has 0 fully saturated rings. The van der Waals surface area contributed by atoms with Gasteiger partial charge in [0.15, 0.2) is 6.61 Å². The summed E-state index contributed by atoms with van der Waals surface area (Å²) in [7, 11) is 0. The molecule has 7 nitrogen and oxygen atoms in total. The van der Waals surface area contributed by atoms with Gasteiger partial charge in [0.05, 0.1) is 23.4 Å². The van der Waals surface area contributed by atoms with Gasteiger partial charge in [-0.05, 0) is 24.3 Å². The SMILES string of the molecule is N#CCN(C(=O)COC(=O)C[C@H]1Sc2ccccc2NC1=O)c1ccccc1. The third kappa shape index (κ3) is 4.69. The highest BCUT2D eigenvalue weighted by Crippen LogP contribution is 2.36. The van der Waals surface area contributed by atoms with Crippen molar-refractivity contribution in [1.29, 1.82) is 5.26 Å². The summed E-state index contributed by atoms with van der Waals surface area (Å²) in [4.78, 5) is 38.8. The van der Waals surface area contributed by atoms with E-state index in [0.717, 1.165) is 4.90 Å². The number of carbonyl (C=O) groups is 3. The van der Waals surface area contributed by atoms with E-state index >= 15 is 0 Å². The molecule has 1 aliphatic rings. The topological polar surface area (TPSA) is 99.5 Å². The molecule has 3 rings (SSSR count). The molecule has 0 aromatic heterocycles. The van der Waals surface area contributed by atoms with Crippen molar-refractivity contribution in [2.24, 2.45) is 0 Å². The van der Waals surface area contributed by atoms with E-state index in [0.29, 0.717) is 11.4 Å². The van der Waals surface area contributed by atoms with Crippen LogP contribution < -0.4 is 10.2 Å². The van der Waals surface area contributed by atoms with Crippen molar-refractivity contribution in [2.45, 2.75) is 16.6 Å². The van der Waals surface area contributed by atoms with Gasteiger partial charge in [0.1, 0.15) is 6.54 Å². The van der Waals surface area contributed by atoms with E-state index in [2.05, 4.69) is 5.32 Å². The number of fused-ring (bicyclic) bond motifs is 1. The van der Waals surface area contributed by atoms with Crippen LogP contribution in [0.1, 0.15) is 6.42 Å². The fourth-order valence-corrected chi connectivity index (χ4v) is 3.75. The molecule has 1 aliphatic heterocycles. The Morgan fingerprint density at radius 3 is 2.61 bits per heavy atom. The number of benzene rings is 2. The summed E-state index contributed by atoms with van der Waals surface area (Å²) in [6, 6.07) is 17.9. The zero-order chi connectivity index (χ0) is 19.9. The van der Waals surface area contributed by atoms with Crippen LogP contribution in [0.5, 0.6) is 0 Å². The minimum atomic E-state index is -0.648. The zero-order valence-corrected chi connectivity index (χ0v) is 15.6. The Kier molecular flexibility index (Phi) is 6.29. The number of thioether (sulfide) groups is 1. The molecule has 0 spiro atoms. The summed E-state index contributed by atoms with van der Waals surface area (Å²) in [5, 5.41) is 11.1. The number of hydrogen-bond acceptors (Lipinski definition) is 6. The highest BCUT2D eigenvalue weighted by Gasteiger charge is 2.29. The van der Waals surface area contributed by atoms with Crippen LogP contribution in [0.15, 0.2) is 59.5 Å². The maximum absolute atomic E-state index is 12.4. The Morgan fingerprint density at radius 1 is 1.14 bits per heavy atom. The summed E-state index contributed by atoms with van der Waals surface area (Å²) in [6.45, 7) is -0.650.